The highest BCUT2D eigenvalue weighted by molar-refractivity contribution is 9.10. The standard InChI is InChI=1S/C13H12BrClFNS/c1-17(8-11-4-5-13(15)18-11)7-9-2-3-10(14)6-12(9)16/h2-6H,7-8H2,1H3. The molecule has 0 saturated carbocycles. The van der Waals surface area contributed by atoms with Gasteiger partial charge in [-0.15, -0.1) is 11.3 Å². The molecule has 1 aromatic carbocycles. The smallest absolute Gasteiger partial charge is 0.128 e. The van der Waals surface area contributed by atoms with E-state index in [0.717, 1.165) is 15.4 Å². The third kappa shape index (κ3) is 3.79. The average molecular weight is 349 g/mol. The van der Waals surface area contributed by atoms with Gasteiger partial charge in [0.15, 0.2) is 0 Å². The predicted octanol–water partition coefficient (Wildman–Crippen LogP) is 4.94. The van der Waals surface area contributed by atoms with Gasteiger partial charge in [0.2, 0.25) is 0 Å². The van der Waals surface area contributed by atoms with E-state index in [4.69, 9.17) is 11.6 Å². The molecule has 0 radical (unpaired) electrons. The van der Waals surface area contributed by atoms with Crippen molar-refractivity contribution in [3.8, 4) is 0 Å². The first kappa shape index (κ1) is 14.0. The third-order valence-corrected chi connectivity index (χ3v) is 4.22. The maximum atomic E-state index is 13.7. The van der Waals surface area contributed by atoms with Gasteiger partial charge in [-0.05, 0) is 31.3 Å². The van der Waals surface area contributed by atoms with Gasteiger partial charge < -0.3 is 0 Å². The number of hydrogen-bond acceptors (Lipinski definition) is 2. The van der Waals surface area contributed by atoms with Gasteiger partial charge in [-0.3, -0.25) is 4.90 Å². The van der Waals surface area contributed by atoms with Crippen molar-refractivity contribution < 1.29 is 4.39 Å². The van der Waals surface area contributed by atoms with Crippen molar-refractivity contribution in [2.75, 3.05) is 7.05 Å². The minimum Gasteiger partial charge on any atom is -0.297 e. The molecule has 0 N–H and O–H groups in total. The van der Waals surface area contributed by atoms with Crippen LogP contribution in [0.2, 0.25) is 4.34 Å². The van der Waals surface area contributed by atoms with Crippen LogP contribution in [0.4, 0.5) is 4.39 Å². The number of halogens is 3. The molecule has 0 aliphatic rings. The Balaban J connectivity index is 2.00. The third-order valence-electron chi connectivity index (χ3n) is 2.51. The van der Waals surface area contributed by atoms with E-state index in [2.05, 4.69) is 20.8 Å². The number of nitrogens with zero attached hydrogens (tertiary/aromatic N) is 1. The summed E-state index contributed by atoms with van der Waals surface area (Å²) in [6, 6.07) is 9.04. The quantitative estimate of drug-likeness (QED) is 0.757. The van der Waals surface area contributed by atoms with Crippen LogP contribution in [0.5, 0.6) is 0 Å². The van der Waals surface area contributed by atoms with Crippen molar-refractivity contribution in [3.05, 3.63) is 55.4 Å². The van der Waals surface area contributed by atoms with Crippen LogP contribution in [0.1, 0.15) is 10.4 Å². The monoisotopic (exact) mass is 347 g/mol. The molecule has 2 rings (SSSR count). The van der Waals surface area contributed by atoms with Gasteiger partial charge in [0.05, 0.1) is 4.34 Å². The molecule has 0 fully saturated rings. The topological polar surface area (TPSA) is 3.24 Å². The lowest BCUT2D eigenvalue weighted by Gasteiger charge is -2.16. The molecule has 1 nitrogen and oxygen atoms in total. The fraction of sp³-hybridized carbons (Fsp3) is 0.231. The number of thiophene rings is 1. The van der Waals surface area contributed by atoms with Crippen LogP contribution in [0.15, 0.2) is 34.8 Å². The molecular formula is C13H12BrClFNS. The Bertz CT molecular complexity index is 544. The summed E-state index contributed by atoms with van der Waals surface area (Å²) in [6.45, 7) is 1.35. The van der Waals surface area contributed by atoms with Crippen LogP contribution < -0.4 is 0 Å². The van der Waals surface area contributed by atoms with E-state index in [9.17, 15) is 4.39 Å². The summed E-state index contributed by atoms with van der Waals surface area (Å²) in [5.41, 5.74) is 0.698. The van der Waals surface area contributed by atoms with Crippen molar-refractivity contribution >= 4 is 38.9 Å². The van der Waals surface area contributed by atoms with Gasteiger partial charge in [0, 0.05) is 28.0 Å². The van der Waals surface area contributed by atoms with E-state index in [1.807, 2.05) is 25.2 Å². The van der Waals surface area contributed by atoms with Crippen molar-refractivity contribution in [1.29, 1.82) is 0 Å². The molecule has 0 saturated heterocycles. The fourth-order valence-corrected chi connectivity index (χ4v) is 3.20. The second-order valence-electron chi connectivity index (χ2n) is 4.11. The van der Waals surface area contributed by atoms with Gasteiger partial charge >= 0.3 is 0 Å². The van der Waals surface area contributed by atoms with Crippen LogP contribution in [-0.4, -0.2) is 11.9 Å². The van der Waals surface area contributed by atoms with Crippen molar-refractivity contribution in [2.45, 2.75) is 13.1 Å². The number of hydrogen-bond donors (Lipinski definition) is 0. The zero-order chi connectivity index (χ0) is 13.1. The molecular weight excluding hydrogens is 337 g/mol. The molecule has 18 heavy (non-hydrogen) atoms. The molecule has 2 aromatic rings. The second kappa shape index (κ2) is 6.15. The zero-order valence-electron chi connectivity index (χ0n) is 9.79. The highest BCUT2D eigenvalue weighted by Crippen LogP contribution is 2.23. The predicted molar refractivity (Wildman–Crippen MR) is 78.6 cm³/mol. The van der Waals surface area contributed by atoms with Crippen LogP contribution in [-0.2, 0) is 13.1 Å². The lowest BCUT2D eigenvalue weighted by Crippen LogP contribution is -2.17. The van der Waals surface area contributed by atoms with E-state index in [-0.39, 0.29) is 5.82 Å². The second-order valence-corrected chi connectivity index (χ2v) is 6.83. The minimum absolute atomic E-state index is 0.180. The van der Waals surface area contributed by atoms with Gasteiger partial charge in [0.1, 0.15) is 5.82 Å². The zero-order valence-corrected chi connectivity index (χ0v) is 12.9. The minimum atomic E-state index is -0.180. The lowest BCUT2D eigenvalue weighted by atomic mass is 10.2. The van der Waals surface area contributed by atoms with E-state index >= 15 is 0 Å². The average Bonchev–Trinajstić information content (AvgIpc) is 2.68. The first-order valence-electron chi connectivity index (χ1n) is 5.41. The number of rotatable bonds is 4. The van der Waals surface area contributed by atoms with E-state index < -0.39 is 0 Å². The van der Waals surface area contributed by atoms with E-state index in [0.29, 0.717) is 12.1 Å². The summed E-state index contributed by atoms with van der Waals surface area (Å²) in [7, 11) is 1.97. The summed E-state index contributed by atoms with van der Waals surface area (Å²) < 4.78 is 15.2. The molecule has 1 aromatic heterocycles. The molecule has 0 atom stereocenters. The normalized spacial score (nSPS) is 11.2. The maximum Gasteiger partial charge on any atom is 0.128 e. The highest BCUT2D eigenvalue weighted by Gasteiger charge is 2.08. The summed E-state index contributed by atoms with van der Waals surface area (Å²) >= 11 is 10.7. The van der Waals surface area contributed by atoms with Crippen LogP contribution in [0, 0.1) is 5.82 Å². The highest BCUT2D eigenvalue weighted by atomic mass is 79.9. The Kier molecular flexibility index (Phi) is 4.78. The van der Waals surface area contributed by atoms with Crippen molar-refractivity contribution in [2.24, 2.45) is 0 Å². The Morgan fingerprint density at radius 3 is 2.67 bits per heavy atom. The molecule has 0 bridgehead atoms. The Hall–Kier alpha value is -0.420. The summed E-state index contributed by atoms with van der Waals surface area (Å²) in [6.07, 6.45) is 0. The molecule has 1 heterocycles. The molecule has 0 spiro atoms. The fourth-order valence-electron chi connectivity index (χ4n) is 1.70. The maximum absolute atomic E-state index is 13.7. The lowest BCUT2D eigenvalue weighted by molar-refractivity contribution is 0.316. The molecule has 0 aliphatic carbocycles. The SMILES string of the molecule is CN(Cc1ccc(Cl)s1)Cc1ccc(Br)cc1F. The van der Waals surface area contributed by atoms with Gasteiger partial charge in [-0.25, -0.2) is 4.39 Å². The molecule has 5 heteroatoms. The van der Waals surface area contributed by atoms with Gasteiger partial charge in [-0.1, -0.05) is 33.6 Å². The molecule has 0 aliphatic heterocycles. The van der Waals surface area contributed by atoms with Crippen LogP contribution in [0.3, 0.4) is 0 Å². The van der Waals surface area contributed by atoms with Gasteiger partial charge in [-0.2, -0.15) is 0 Å². The van der Waals surface area contributed by atoms with Crippen LogP contribution in [0.25, 0.3) is 0 Å². The van der Waals surface area contributed by atoms with Crippen LogP contribution >= 0.6 is 38.9 Å². The van der Waals surface area contributed by atoms with E-state index in [1.54, 1.807) is 17.4 Å². The summed E-state index contributed by atoms with van der Waals surface area (Å²) in [5.74, 6) is -0.180. The Morgan fingerprint density at radius 2 is 2.06 bits per heavy atom. The van der Waals surface area contributed by atoms with Gasteiger partial charge in [0.25, 0.3) is 0 Å². The van der Waals surface area contributed by atoms with Crippen molar-refractivity contribution in [1.82, 2.24) is 4.90 Å². The summed E-state index contributed by atoms with van der Waals surface area (Å²) in [4.78, 5) is 3.24. The first-order valence-corrected chi connectivity index (χ1v) is 7.40. The van der Waals surface area contributed by atoms with E-state index in [1.165, 1.54) is 10.9 Å². The molecule has 0 unspecified atom stereocenters. The molecule has 0 amide bonds. The number of benzene rings is 1. The van der Waals surface area contributed by atoms with Crippen molar-refractivity contribution in [3.63, 3.8) is 0 Å². The Labute approximate surface area is 123 Å². The molecule has 96 valence electrons. The Morgan fingerprint density at radius 1 is 1.28 bits per heavy atom. The first-order chi connectivity index (χ1) is 8.54. The largest absolute Gasteiger partial charge is 0.297 e. The summed E-state index contributed by atoms with van der Waals surface area (Å²) in [5, 5.41) is 0.